The molecule has 0 aliphatic carbocycles. The first-order chi connectivity index (χ1) is 8.72. The monoisotopic (exact) mass is 247 g/mol. The van der Waals surface area contributed by atoms with Crippen molar-refractivity contribution < 1.29 is 9.47 Å². The Balaban J connectivity index is 1.54. The smallest absolute Gasteiger partial charge is 0.123 e. The summed E-state index contributed by atoms with van der Waals surface area (Å²) in [4.78, 5) is 0. The number of rotatable bonds is 3. The molecule has 0 spiro atoms. The maximum atomic E-state index is 5.95. The number of aryl methyl sites for hydroxylation is 1. The van der Waals surface area contributed by atoms with E-state index in [-0.39, 0.29) is 6.10 Å². The average Bonchev–Trinajstić information content (AvgIpc) is 2.92. The van der Waals surface area contributed by atoms with Gasteiger partial charge in [-0.25, -0.2) is 0 Å². The van der Waals surface area contributed by atoms with Crippen molar-refractivity contribution in [1.29, 1.82) is 0 Å². The summed E-state index contributed by atoms with van der Waals surface area (Å²) in [5, 5.41) is 3.57. The minimum absolute atomic E-state index is 0.273. The largest absolute Gasteiger partial charge is 0.488 e. The van der Waals surface area contributed by atoms with Crippen LogP contribution in [0.1, 0.15) is 24.5 Å². The van der Waals surface area contributed by atoms with Gasteiger partial charge >= 0.3 is 0 Å². The van der Waals surface area contributed by atoms with Gasteiger partial charge in [0.1, 0.15) is 11.9 Å². The highest BCUT2D eigenvalue weighted by atomic mass is 16.5. The quantitative estimate of drug-likeness (QED) is 0.887. The Labute approximate surface area is 108 Å². The van der Waals surface area contributed by atoms with E-state index in [2.05, 4.69) is 37.4 Å². The maximum Gasteiger partial charge on any atom is 0.123 e. The number of nitrogens with one attached hydrogen (secondary N) is 1. The Morgan fingerprint density at radius 2 is 2.28 bits per heavy atom. The molecule has 1 N–H and O–H groups in total. The second-order valence-corrected chi connectivity index (χ2v) is 5.43. The van der Waals surface area contributed by atoms with Crippen molar-refractivity contribution in [2.75, 3.05) is 13.2 Å². The topological polar surface area (TPSA) is 30.5 Å². The van der Waals surface area contributed by atoms with Gasteiger partial charge in [-0.2, -0.15) is 0 Å². The molecule has 0 amide bonds. The van der Waals surface area contributed by atoms with E-state index in [1.165, 1.54) is 11.1 Å². The Kier molecular flexibility index (Phi) is 3.27. The second kappa shape index (κ2) is 4.90. The minimum atomic E-state index is 0.273. The van der Waals surface area contributed by atoms with Crippen LogP contribution in [-0.2, 0) is 11.2 Å². The predicted molar refractivity (Wildman–Crippen MR) is 71.1 cm³/mol. The number of hydrogen-bond donors (Lipinski definition) is 1. The van der Waals surface area contributed by atoms with E-state index in [4.69, 9.17) is 9.47 Å². The molecule has 1 fully saturated rings. The van der Waals surface area contributed by atoms with Crippen LogP contribution in [0, 0.1) is 6.92 Å². The molecule has 98 valence electrons. The summed E-state index contributed by atoms with van der Waals surface area (Å²) in [6.45, 7) is 6.05. The molecular formula is C15H21NO2. The molecule has 1 aromatic rings. The summed E-state index contributed by atoms with van der Waals surface area (Å²) < 4.78 is 11.5. The Hall–Kier alpha value is -1.06. The molecule has 3 nitrogen and oxygen atoms in total. The van der Waals surface area contributed by atoms with Gasteiger partial charge in [-0.3, -0.25) is 0 Å². The van der Waals surface area contributed by atoms with Crippen LogP contribution in [0.15, 0.2) is 18.2 Å². The molecule has 0 bridgehead atoms. The van der Waals surface area contributed by atoms with Crippen molar-refractivity contribution in [3.8, 4) is 5.75 Å². The van der Waals surface area contributed by atoms with Crippen LogP contribution in [0.25, 0.3) is 0 Å². The van der Waals surface area contributed by atoms with Crippen molar-refractivity contribution in [2.24, 2.45) is 0 Å². The van der Waals surface area contributed by atoms with E-state index < -0.39 is 0 Å². The fourth-order valence-electron chi connectivity index (χ4n) is 2.85. The fourth-order valence-corrected chi connectivity index (χ4v) is 2.85. The third-order valence-corrected chi connectivity index (χ3v) is 3.94. The van der Waals surface area contributed by atoms with Crippen molar-refractivity contribution in [2.45, 2.75) is 44.9 Å². The molecule has 3 rings (SSSR count). The maximum absolute atomic E-state index is 5.95. The highest BCUT2D eigenvalue weighted by molar-refractivity contribution is 5.40. The Bertz CT molecular complexity index is 433. The Morgan fingerprint density at radius 3 is 3.06 bits per heavy atom. The first-order valence-electron chi connectivity index (χ1n) is 6.83. The van der Waals surface area contributed by atoms with Gasteiger partial charge in [0.05, 0.1) is 6.10 Å². The second-order valence-electron chi connectivity index (χ2n) is 5.43. The van der Waals surface area contributed by atoms with E-state index >= 15 is 0 Å². The molecular weight excluding hydrogens is 226 g/mol. The molecule has 18 heavy (non-hydrogen) atoms. The SMILES string of the molecule is Cc1ccc2c(c1)CC(CNC1CCOC1C)O2. The summed E-state index contributed by atoms with van der Waals surface area (Å²) >= 11 is 0. The lowest BCUT2D eigenvalue weighted by molar-refractivity contribution is 0.110. The highest BCUT2D eigenvalue weighted by Crippen LogP contribution is 2.29. The fraction of sp³-hybridized carbons (Fsp3) is 0.600. The summed E-state index contributed by atoms with van der Waals surface area (Å²) in [6, 6.07) is 6.92. The van der Waals surface area contributed by atoms with Crippen molar-refractivity contribution in [3.05, 3.63) is 29.3 Å². The first kappa shape index (κ1) is 12.0. The molecule has 3 unspecified atom stereocenters. The van der Waals surface area contributed by atoms with Crippen LogP contribution in [0.4, 0.5) is 0 Å². The van der Waals surface area contributed by atoms with Crippen LogP contribution in [0.3, 0.4) is 0 Å². The highest BCUT2D eigenvalue weighted by Gasteiger charge is 2.27. The molecule has 3 atom stereocenters. The standard InChI is InChI=1S/C15H21NO2/c1-10-3-4-15-12(7-10)8-13(18-15)9-16-14-5-6-17-11(14)2/h3-4,7,11,13-14,16H,5-6,8-9H2,1-2H3. The van der Waals surface area contributed by atoms with Crippen LogP contribution >= 0.6 is 0 Å². The van der Waals surface area contributed by atoms with E-state index in [1.807, 2.05) is 0 Å². The van der Waals surface area contributed by atoms with Gasteiger partial charge in [0, 0.05) is 25.6 Å². The van der Waals surface area contributed by atoms with Crippen molar-refractivity contribution in [3.63, 3.8) is 0 Å². The average molecular weight is 247 g/mol. The number of hydrogen-bond acceptors (Lipinski definition) is 3. The first-order valence-corrected chi connectivity index (χ1v) is 6.83. The Morgan fingerprint density at radius 1 is 1.39 bits per heavy atom. The zero-order valence-corrected chi connectivity index (χ0v) is 11.1. The minimum Gasteiger partial charge on any atom is -0.488 e. The molecule has 2 aliphatic heterocycles. The molecule has 3 heteroatoms. The summed E-state index contributed by atoms with van der Waals surface area (Å²) in [5.74, 6) is 1.06. The van der Waals surface area contributed by atoms with Crippen molar-refractivity contribution in [1.82, 2.24) is 5.32 Å². The lowest BCUT2D eigenvalue weighted by Crippen LogP contribution is -2.40. The van der Waals surface area contributed by atoms with E-state index in [9.17, 15) is 0 Å². The molecule has 0 aromatic heterocycles. The van der Waals surface area contributed by atoms with Crippen molar-refractivity contribution >= 4 is 0 Å². The van der Waals surface area contributed by atoms with Crippen LogP contribution < -0.4 is 10.1 Å². The van der Waals surface area contributed by atoms with Gasteiger partial charge in [-0.05, 0) is 31.9 Å². The van der Waals surface area contributed by atoms with Crippen LogP contribution in [0.5, 0.6) is 5.75 Å². The number of benzene rings is 1. The van der Waals surface area contributed by atoms with Gasteiger partial charge < -0.3 is 14.8 Å². The third-order valence-electron chi connectivity index (χ3n) is 3.94. The zero-order valence-electron chi connectivity index (χ0n) is 11.1. The lowest BCUT2D eigenvalue weighted by Gasteiger charge is -2.18. The third kappa shape index (κ3) is 2.38. The predicted octanol–water partition coefficient (Wildman–Crippen LogP) is 2.07. The molecule has 0 saturated carbocycles. The van der Waals surface area contributed by atoms with Gasteiger partial charge in [-0.15, -0.1) is 0 Å². The normalized spacial score (nSPS) is 30.2. The summed E-state index contributed by atoms with van der Waals surface area (Å²) in [7, 11) is 0. The van der Waals surface area contributed by atoms with E-state index in [1.54, 1.807) is 0 Å². The van der Waals surface area contributed by atoms with Gasteiger partial charge in [0.25, 0.3) is 0 Å². The van der Waals surface area contributed by atoms with Crippen LogP contribution in [0.2, 0.25) is 0 Å². The molecule has 1 saturated heterocycles. The molecule has 1 aromatic carbocycles. The number of ether oxygens (including phenoxy) is 2. The van der Waals surface area contributed by atoms with Gasteiger partial charge in [0.15, 0.2) is 0 Å². The van der Waals surface area contributed by atoms with E-state index in [0.29, 0.717) is 12.1 Å². The molecule has 2 aliphatic rings. The van der Waals surface area contributed by atoms with Crippen LogP contribution in [-0.4, -0.2) is 31.4 Å². The summed E-state index contributed by atoms with van der Waals surface area (Å²) in [6.07, 6.45) is 2.73. The van der Waals surface area contributed by atoms with Gasteiger partial charge in [0.2, 0.25) is 0 Å². The molecule has 0 radical (unpaired) electrons. The number of fused-ring (bicyclic) bond motifs is 1. The molecule has 2 heterocycles. The lowest BCUT2D eigenvalue weighted by atomic mass is 10.1. The van der Waals surface area contributed by atoms with Gasteiger partial charge in [-0.1, -0.05) is 17.7 Å². The zero-order chi connectivity index (χ0) is 12.5. The van der Waals surface area contributed by atoms with E-state index in [0.717, 1.165) is 31.7 Å². The summed E-state index contributed by atoms with van der Waals surface area (Å²) in [5.41, 5.74) is 2.65.